The van der Waals surface area contributed by atoms with Crippen molar-refractivity contribution in [3.8, 4) is 0 Å². The van der Waals surface area contributed by atoms with E-state index in [1.807, 2.05) is 0 Å². The maximum Gasteiger partial charge on any atom is 0.308 e. The SMILES string of the molecule is CC(C)C(=O)OCC1(CO)C/C1=C\n1cnc2c(=O)[nH]c(N)nc21. The summed E-state index contributed by atoms with van der Waals surface area (Å²) in [7, 11) is 0. The number of carbonyl (C=O) groups excluding carboxylic acids is 1. The summed E-state index contributed by atoms with van der Waals surface area (Å²) in [5.41, 5.74) is 5.98. The Hall–Kier alpha value is -2.68. The second-order valence-electron chi connectivity index (χ2n) is 6.31. The lowest BCUT2D eigenvalue weighted by Gasteiger charge is -2.13. The number of nitrogens with one attached hydrogen (secondary N) is 1. The third-order valence-electron chi connectivity index (χ3n) is 4.10. The van der Waals surface area contributed by atoms with E-state index in [4.69, 9.17) is 10.5 Å². The van der Waals surface area contributed by atoms with Gasteiger partial charge in [-0.05, 0) is 12.0 Å². The number of carbonyl (C=O) groups is 1. The first kappa shape index (κ1) is 16.2. The Morgan fingerprint density at radius 1 is 1.62 bits per heavy atom. The van der Waals surface area contributed by atoms with Gasteiger partial charge in [-0.1, -0.05) is 13.8 Å². The van der Waals surface area contributed by atoms with Crippen molar-refractivity contribution in [2.75, 3.05) is 18.9 Å². The average molecular weight is 333 g/mol. The Morgan fingerprint density at radius 3 is 3.04 bits per heavy atom. The number of aliphatic hydroxyl groups excluding tert-OH is 1. The van der Waals surface area contributed by atoms with Crippen molar-refractivity contribution < 1.29 is 14.6 Å². The predicted octanol–water partition coefficient (Wildman–Crippen LogP) is 0.124. The molecule has 0 spiro atoms. The van der Waals surface area contributed by atoms with Crippen LogP contribution in [-0.2, 0) is 9.53 Å². The molecule has 1 atom stereocenters. The Kier molecular flexibility index (Phi) is 3.88. The molecule has 1 fully saturated rings. The molecule has 1 aliphatic rings. The summed E-state index contributed by atoms with van der Waals surface area (Å²) in [5.74, 6) is -0.519. The molecule has 0 radical (unpaired) electrons. The number of anilines is 1. The zero-order valence-corrected chi connectivity index (χ0v) is 13.4. The minimum atomic E-state index is -0.576. The number of ether oxygens (including phenoxy) is 1. The van der Waals surface area contributed by atoms with Gasteiger partial charge in [0.1, 0.15) is 12.9 Å². The van der Waals surface area contributed by atoms with Gasteiger partial charge in [0.05, 0.1) is 17.9 Å². The monoisotopic (exact) mass is 333 g/mol. The van der Waals surface area contributed by atoms with Crippen LogP contribution in [0.4, 0.5) is 5.95 Å². The zero-order chi connectivity index (χ0) is 17.5. The molecule has 9 heteroatoms. The molecule has 1 aliphatic carbocycles. The maximum absolute atomic E-state index is 11.8. The number of imidazole rings is 1. The van der Waals surface area contributed by atoms with Crippen molar-refractivity contribution in [2.45, 2.75) is 20.3 Å². The number of hydrogen-bond acceptors (Lipinski definition) is 7. The summed E-state index contributed by atoms with van der Waals surface area (Å²) in [6, 6.07) is 0. The van der Waals surface area contributed by atoms with E-state index < -0.39 is 11.0 Å². The zero-order valence-electron chi connectivity index (χ0n) is 13.4. The summed E-state index contributed by atoms with van der Waals surface area (Å²) in [6.07, 6.45) is 3.79. The lowest BCUT2D eigenvalue weighted by molar-refractivity contribution is -0.149. The fourth-order valence-electron chi connectivity index (χ4n) is 2.43. The lowest BCUT2D eigenvalue weighted by Crippen LogP contribution is -2.21. The molecule has 4 N–H and O–H groups in total. The summed E-state index contributed by atoms with van der Waals surface area (Å²) in [4.78, 5) is 33.9. The highest BCUT2D eigenvalue weighted by molar-refractivity contribution is 5.74. The molecule has 0 bridgehead atoms. The molecule has 24 heavy (non-hydrogen) atoms. The van der Waals surface area contributed by atoms with Crippen LogP contribution >= 0.6 is 0 Å². The van der Waals surface area contributed by atoms with Crippen molar-refractivity contribution in [2.24, 2.45) is 11.3 Å². The Balaban J connectivity index is 1.85. The fourth-order valence-corrected chi connectivity index (χ4v) is 2.43. The van der Waals surface area contributed by atoms with Gasteiger partial charge in [0, 0.05) is 6.20 Å². The minimum Gasteiger partial charge on any atom is -0.464 e. The largest absolute Gasteiger partial charge is 0.464 e. The minimum absolute atomic E-state index is 0.00253. The highest BCUT2D eigenvalue weighted by atomic mass is 16.5. The van der Waals surface area contributed by atoms with Gasteiger partial charge in [0.25, 0.3) is 5.56 Å². The Labute approximate surface area is 137 Å². The summed E-state index contributed by atoms with van der Waals surface area (Å²) < 4.78 is 6.82. The maximum atomic E-state index is 11.8. The predicted molar refractivity (Wildman–Crippen MR) is 86.8 cm³/mol. The van der Waals surface area contributed by atoms with Crippen molar-refractivity contribution in [1.82, 2.24) is 19.5 Å². The Bertz CT molecular complexity index is 882. The summed E-state index contributed by atoms with van der Waals surface area (Å²) >= 11 is 0. The van der Waals surface area contributed by atoms with Gasteiger partial charge in [-0.15, -0.1) is 0 Å². The quantitative estimate of drug-likeness (QED) is 0.661. The van der Waals surface area contributed by atoms with Crippen LogP contribution in [0.2, 0.25) is 0 Å². The lowest BCUT2D eigenvalue weighted by atomic mass is 10.1. The molecule has 0 aliphatic heterocycles. The molecular formula is C15H19N5O4. The van der Waals surface area contributed by atoms with Crippen LogP contribution in [0.15, 0.2) is 16.7 Å². The van der Waals surface area contributed by atoms with E-state index in [1.54, 1.807) is 24.6 Å². The van der Waals surface area contributed by atoms with Gasteiger partial charge >= 0.3 is 5.97 Å². The molecule has 0 saturated heterocycles. The van der Waals surface area contributed by atoms with E-state index in [0.717, 1.165) is 5.57 Å². The van der Waals surface area contributed by atoms with Gasteiger partial charge < -0.3 is 15.6 Å². The first-order valence-corrected chi connectivity index (χ1v) is 7.57. The molecular weight excluding hydrogens is 314 g/mol. The third kappa shape index (κ3) is 2.78. The standard InChI is InChI=1S/C15H19N5O4/c1-8(2)13(23)24-6-15(5-21)3-9(15)4-20-7-17-10-11(20)18-14(16)19-12(10)22/h4,7-8,21H,3,5-6H2,1-2H3,(H3,16,18,19,22)/b9-4+. The van der Waals surface area contributed by atoms with Crippen LogP contribution in [0.25, 0.3) is 17.4 Å². The first-order chi connectivity index (χ1) is 11.4. The number of rotatable bonds is 5. The topological polar surface area (TPSA) is 136 Å². The van der Waals surface area contributed by atoms with Crippen molar-refractivity contribution in [1.29, 1.82) is 0 Å². The molecule has 0 amide bonds. The van der Waals surface area contributed by atoms with Crippen molar-refractivity contribution >= 4 is 29.3 Å². The van der Waals surface area contributed by atoms with Crippen LogP contribution in [-0.4, -0.2) is 43.8 Å². The first-order valence-electron chi connectivity index (χ1n) is 7.57. The van der Waals surface area contributed by atoms with Crippen LogP contribution in [0.3, 0.4) is 0 Å². The van der Waals surface area contributed by atoms with Crippen LogP contribution in [0.5, 0.6) is 0 Å². The molecule has 128 valence electrons. The van der Waals surface area contributed by atoms with E-state index in [1.165, 1.54) is 6.33 Å². The number of aliphatic hydroxyl groups is 1. The molecule has 1 saturated carbocycles. The van der Waals surface area contributed by atoms with Gasteiger partial charge in [-0.3, -0.25) is 19.1 Å². The number of H-pyrrole nitrogens is 1. The van der Waals surface area contributed by atoms with E-state index in [0.29, 0.717) is 12.1 Å². The Morgan fingerprint density at radius 2 is 2.38 bits per heavy atom. The highest BCUT2D eigenvalue weighted by Gasteiger charge is 2.50. The fraction of sp³-hybridized carbons (Fsp3) is 0.467. The number of nitrogens with zero attached hydrogens (tertiary/aromatic N) is 3. The molecule has 2 aromatic heterocycles. The average Bonchev–Trinajstić information content (AvgIpc) is 3.07. The second-order valence-corrected chi connectivity index (χ2v) is 6.31. The molecule has 3 rings (SSSR count). The van der Waals surface area contributed by atoms with Crippen LogP contribution in [0.1, 0.15) is 20.3 Å². The van der Waals surface area contributed by atoms with E-state index in [-0.39, 0.29) is 36.6 Å². The van der Waals surface area contributed by atoms with Gasteiger partial charge in [-0.2, -0.15) is 4.98 Å². The number of aromatic amines is 1. The number of aromatic nitrogens is 4. The van der Waals surface area contributed by atoms with Crippen LogP contribution in [0, 0.1) is 11.3 Å². The normalized spacial score (nSPS) is 21.6. The molecule has 1 unspecified atom stereocenters. The number of nitrogens with two attached hydrogens (primary N) is 1. The number of nitrogen functional groups attached to an aromatic ring is 1. The van der Waals surface area contributed by atoms with E-state index in [2.05, 4.69) is 15.0 Å². The van der Waals surface area contributed by atoms with Crippen LogP contribution < -0.4 is 11.3 Å². The van der Waals surface area contributed by atoms with Gasteiger partial charge in [-0.25, -0.2) is 4.98 Å². The van der Waals surface area contributed by atoms with Gasteiger partial charge in [0.2, 0.25) is 5.95 Å². The molecule has 2 heterocycles. The molecule has 2 aromatic rings. The molecule has 0 aromatic carbocycles. The third-order valence-corrected chi connectivity index (χ3v) is 4.10. The van der Waals surface area contributed by atoms with Crippen molar-refractivity contribution in [3.05, 3.63) is 22.3 Å². The summed E-state index contributed by atoms with van der Waals surface area (Å²) in [5, 5.41) is 9.66. The number of hydrogen-bond donors (Lipinski definition) is 3. The summed E-state index contributed by atoms with van der Waals surface area (Å²) in [6.45, 7) is 3.49. The van der Waals surface area contributed by atoms with E-state index >= 15 is 0 Å². The number of esters is 1. The van der Waals surface area contributed by atoms with E-state index in [9.17, 15) is 14.7 Å². The second kappa shape index (κ2) is 5.75. The van der Waals surface area contributed by atoms with Crippen molar-refractivity contribution in [3.63, 3.8) is 0 Å². The molecule has 9 nitrogen and oxygen atoms in total. The smallest absolute Gasteiger partial charge is 0.308 e. The van der Waals surface area contributed by atoms with Gasteiger partial charge in [0.15, 0.2) is 11.2 Å². The number of fused-ring (bicyclic) bond motifs is 1. The highest BCUT2D eigenvalue weighted by Crippen LogP contribution is 2.52.